The average Bonchev–Trinajstić information content (AvgIpc) is 2.94. The summed E-state index contributed by atoms with van der Waals surface area (Å²) in [4.78, 5) is 8.69. The maximum absolute atomic E-state index is 4.36. The predicted octanol–water partition coefficient (Wildman–Crippen LogP) is 1.78. The lowest BCUT2D eigenvalue weighted by atomic mass is 10.1. The van der Waals surface area contributed by atoms with Crippen molar-refractivity contribution in [3.63, 3.8) is 0 Å². The third-order valence-corrected chi connectivity index (χ3v) is 3.12. The predicted molar refractivity (Wildman–Crippen MR) is 54.0 cm³/mol. The van der Waals surface area contributed by atoms with E-state index in [1.807, 2.05) is 0 Å². The zero-order valence-electron chi connectivity index (χ0n) is 8.24. The fourth-order valence-corrected chi connectivity index (χ4v) is 2.12. The molecule has 1 aliphatic heterocycles. The molecule has 1 aliphatic carbocycles. The van der Waals surface area contributed by atoms with Gasteiger partial charge in [-0.25, -0.2) is 9.97 Å². The molecule has 0 amide bonds. The molecule has 74 valence electrons. The van der Waals surface area contributed by atoms with E-state index in [4.69, 9.17) is 0 Å². The second-order valence-corrected chi connectivity index (χ2v) is 4.29. The summed E-state index contributed by atoms with van der Waals surface area (Å²) >= 11 is 0. The molecule has 2 aliphatic rings. The van der Waals surface area contributed by atoms with Crippen molar-refractivity contribution in [1.82, 2.24) is 15.3 Å². The van der Waals surface area contributed by atoms with Crippen LogP contribution in [0.2, 0.25) is 0 Å². The molecule has 3 nitrogen and oxygen atoms in total. The van der Waals surface area contributed by atoms with Gasteiger partial charge in [0.1, 0.15) is 6.33 Å². The van der Waals surface area contributed by atoms with Crippen molar-refractivity contribution in [2.75, 3.05) is 6.54 Å². The van der Waals surface area contributed by atoms with E-state index in [2.05, 4.69) is 21.4 Å². The van der Waals surface area contributed by atoms with Crippen LogP contribution in [0.4, 0.5) is 0 Å². The number of aromatic nitrogens is 2. The molecule has 0 aromatic carbocycles. The monoisotopic (exact) mass is 189 g/mol. The fourth-order valence-electron chi connectivity index (χ4n) is 2.12. The SMILES string of the molecule is c1nc(C2CC2)cc(C2CCCN2)n1. The Hall–Kier alpha value is -0.960. The molecule has 1 aromatic heterocycles. The van der Waals surface area contributed by atoms with Gasteiger partial charge in [0.15, 0.2) is 0 Å². The summed E-state index contributed by atoms with van der Waals surface area (Å²) in [5.41, 5.74) is 2.45. The Labute approximate surface area is 84.0 Å². The maximum atomic E-state index is 4.36. The van der Waals surface area contributed by atoms with Crippen molar-refractivity contribution in [2.24, 2.45) is 0 Å². The van der Waals surface area contributed by atoms with Crippen LogP contribution < -0.4 is 5.32 Å². The largest absolute Gasteiger partial charge is 0.309 e. The molecule has 0 radical (unpaired) electrons. The van der Waals surface area contributed by atoms with Gasteiger partial charge in [-0.05, 0) is 38.3 Å². The van der Waals surface area contributed by atoms with Gasteiger partial charge < -0.3 is 5.32 Å². The molecule has 3 heteroatoms. The highest BCUT2D eigenvalue weighted by molar-refractivity contribution is 5.19. The molecule has 1 atom stereocenters. The van der Waals surface area contributed by atoms with Gasteiger partial charge in [-0.15, -0.1) is 0 Å². The summed E-state index contributed by atoms with van der Waals surface area (Å²) in [5.74, 6) is 0.734. The Morgan fingerprint density at radius 1 is 1.14 bits per heavy atom. The van der Waals surface area contributed by atoms with Crippen LogP contribution >= 0.6 is 0 Å². The molecule has 1 saturated carbocycles. The maximum Gasteiger partial charge on any atom is 0.116 e. The van der Waals surface area contributed by atoms with Crippen LogP contribution in [-0.2, 0) is 0 Å². The van der Waals surface area contributed by atoms with Crippen LogP contribution in [-0.4, -0.2) is 16.5 Å². The summed E-state index contributed by atoms with van der Waals surface area (Å²) in [6, 6.07) is 2.68. The number of hydrogen-bond acceptors (Lipinski definition) is 3. The van der Waals surface area contributed by atoms with Crippen LogP contribution in [0.1, 0.15) is 49.0 Å². The minimum atomic E-state index is 0.482. The van der Waals surface area contributed by atoms with Gasteiger partial charge in [0, 0.05) is 17.7 Å². The van der Waals surface area contributed by atoms with Crippen LogP contribution in [0.3, 0.4) is 0 Å². The van der Waals surface area contributed by atoms with Crippen LogP contribution in [0.25, 0.3) is 0 Å². The lowest BCUT2D eigenvalue weighted by molar-refractivity contribution is 0.623. The molecular weight excluding hydrogens is 174 g/mol. The zero-order valence-corrected chi connectivity index (χ0v) is 8.24. The molecule has 2 heterocycles. The zero-order chi connectivity index (χ0) is 9.38. The van der Waals surface area contributed by atoms with E-state index in [1.54, 1.807) is 6.33 Å². The number of nitrogens with zero attached hydrogens (tertiary/aromatic N) is 2. The van der Waals surface area contributed by atoms with Gasteiger partial charge in [0.25, 0.3) is 0 Å². The summed E-state index contributed by atoms with van der Waals surface area (Å²) < 4.78 is 0. The summed E-state index contributed by atoms with van der Waals surface area (Å²) in [6.45, 7) is 1.13. The van der Waals surface area contributed by atoms with E-state index in [-0.39, 0.29) is 0 Å². The summed E-state index contributed by atoms with van der Waals surface area (Å²) in [7, 11) is 0. The van der Waals surface area contributed by atoms with Gasteiger partial charge in [-0.3, -0.25) is 0 Å². The number of nitrogens with one attached hydrogen (secondary N) is 1. The first-order valence-electron chi connectivity index (χ1n) is 5.49. The van der Waals surface area contributed by atoms with E-state index in [1.165, 1.54) is 37.1 Å². The Bertz CT molecular complexity index is 327. The van der Waals surface area contributed by atoms with E-state index < -0.39 is 0 Å². The average molecular weight is 189 g/mol. The van der Waals surface area contributed by atoms with Crippen LogP contribution in [0.5, 0.6) is 0 Å². The molecule has 0 bridgehead atoms. The minimum absolute atomic E-state index is 0.482. The second kappa shape index (κ2) is 3.31. The van der Waals surface area contributed by atoms with Crippen molar-refractivity contribution >= 4 is 0 Å². The Morgan fingerprint density at radius 2 is 2.00 bits per heavy atom. The lowest BCUT2D eigenvalue weighted by Gasteiger charge is -2.09. The molecule has 1 aromatic rings. The lowest BCUT2D eigenvalue weighted by Crippen LogP contribution is -2.14. The second-order valence-electron chi connectivity index (χ2n) is 4.29. The highest BCUT2D eigenvalue weighted by Crippen LogP contribution is 2.39. The standard InChI is InChI=1S/C11H15N3/c1-2-9(12-5-1)11-6-10(8-3-4-8)13-7-14-11/h6-9,12H,1-5H2. The summed E-state index contributed by atoms with van der Waals surface area (Å²) in [6.07, 6.45) is 6.85. The minimum Gasteiger partial charge on any atom is -0.309 e. The Kier molecular flexibility index (Phi) is 1.98. The Morgan fingerprint density at radius 3 is 2.71 bits per heavy atom. The van der Waals surface area contributed by atoms with Crippen LogP contribution in [0, 0.1) is 0 Å². The number of rotatable bonds is 2. The molecule has 3 rings (SSSR count). The normalized spacial score (nSPS) is 26.7. The molecular formula is C11H15N3. The molecule has 1 saturated heterocycles. The third-order valence-electron chi connectivity index (χ3n) is 3.12. The van der Waals surface area contributed by atoms with Gasteiger partial charge in [0.2, 0.25) is 0 Å². The summed E-state index contributed by atoms with van der Waals surface area (Å²) in [5, 5.41) is 3.47. The van der Waals surface area contributed by atoms with Crippen molar-refractivity contribution in [3.05, 3.63) is 23.8 Å². The molecule has 1 unspecified atom stereocenters. The number of hydrogen-bond donors (Lipinski definition) is 1. The highest BCUT2D eigenvalue weighted by Gasteiger charge is 2.26. The van der Waals surface area contributed by atoms with Crippen LogP contribution in [0.15, 0.2) is 12.4 Å². The fraction of sp³-hybridized carbons (Fsp3) is 0.636. The third kappa shape index (κ3) is 1.52. The quantitative estimate of drug-likeness (QED) is 0.770. The van der Waals surface area contributed by atoms with Gasteiger partial charge in [-0.2, -0.15) is 0 Å². The highest BCUT2D eigenvalue weighted by atomic mass is 15.0. The molecule has 1 N–H and O–H groups in total. The topological polar surface area (TPSA) is 37.8 Å². The first kappa shape index (κ1) is 8.36. The molecule has 14 heavy (non-hydrogen) atoms. The van der Waals surface area contributed by atoms with E-state index in [0.29, 0.717) is 6.04 Å². The van der Waals surface area contributed by atoms with Gasteiger partial charge in [0.05, 0.1) is 5.69 Å². The Balaban J connectivity index is 1.85. The molecule has 0 spiro atoms. The first-order chi connectivity index (χ1) is 6.93. The van der Waals surface area contributed by atoms with Gasteiger partial charge in [-0.1, -0.05) is 0 Å². The smallest absolute Gasteiger partial charge is 0.116 e. The van der Waals surface area contributed by atoms with Crippen molar-refractivity contribution < 1.29 is 0 Å². The van der Waals surface area contributed by atoms with Crippen molar-refractivity contribution in [2.45, 2.75) is 37.6 Å². The first-order valence-corrected chi connectivity index (χ1v) is 5.49. The van der Waals surface area contributed by atoms with E-state index in [9.17, 15) is 0 Å². The molecule has 2 fully saturated rings. The van der Waals surface area contributed by atoms with Crippen molar-refractivity contribution in [1.29, 1.82) is 0 Å². The van der Waals surface area contributed by atoms with Gasteiger partial charge >= 0.3 is 0 Å². The van der Waals surface area contributed by atoms with Crippen molar-refractivity contribution in [3.8, 4) is 0 Å². The van der Waals surface area contributed by atoms with E-state index >= 15 is 0 Å². The van der Waals surface area contributed by atoms with E-state index in [0.717, 1.165) is 12.5 Å².